The second kappa shape index (κ2) is 6.90. The summed E-state index contributed by atoms with van der Waals surface area (Å²) in [7, 11) is 0. The molecule has 0 bridgehead atoms. The SMILES string of the molecule is CC1(C)COC(Nc2cc(NC(=O)c3c(Cl)cccc3Cl)ccn2)=N1. The fourth-order valence-electron chi connectivity index (χ4n) is 2.24. The number of benzene rings is 1. The van der Waals surface area contributed by atoms with Crippen molar-refractivity contribution in [3.8, 4) is 0 Å². The first kappa shape index (κ1) is 17.5. The summed E-state index contributed by atoms with van der Waals surface area (Å²) in [5, 5.41) is 6.31. The first-order valence-corrected chi connectivity index (χ1v) is 8.31. The lowest BCUT2D eigenvalue weighted by molar-refractivity contribution is 0.102. The summed E-state index contributed by atoms with van der Waals surface area (Å²) in [5.74, 6) is 0.0999. The Morgan fingerprint density at radius 3 is 2.60 bits per heavy atom. The lowest BCUT2D eigenvalue weighted by Gasteiger charge is -2.10. The maximum Gasteiger partial charge on any atom is 0.291 e. The zero-order valence-electron chi connectivity index (χ0n) is 13.6. The minimum atomic E-state index is -0.400. The van der Waals surface area contributed by atoms with Crippen LogP contribution in [0.3, 0.4) is 0 Å². The molecule has 2 N–H and O–H groups in total. The van der Waals surface area contributed by atoms with Gasteiger partial charge in [-0.25, -0.2) is 9.98 Å². The largest absolute Gasteiger partial charge is 0.462 e. The quantitative estimate of drug-likeness (QED) is 0.838. The normalized spacial score (nSPS) is 15.3. The number of aliphatic imine (C=N–C) groups is 1. The molecule has 0 fully saturated rings. The zero-order chi connectivity index (χ0) is 18.0. The summed E-state index contributed by atoms with van der Waals surface area (Å²) >= 11 is 12.1. The summed E-state index contributed by atoms with van der Waals surface area (Å²) in [4.78, 5) is 21.0. The van der Waals surface area contributed by atoms with Crippen LogP contribution in [0.4, 0.5) is 11.5 Å². The standard InChI is InChI=1S/C17H16Cl2N4O2/c1-17(2)9-25-16(23-17)22-13-8-10(6-7-20-13)21-15(24)14-11(18)4-3-5-12(14)19/h3-8H,9H2,1-2H3,(H2,20,21,22,23,24). The van der Waals surface area contributed by atoms with Gasteiger partial charge < -0.3 is 10.1 Å². The van der Waals surface area contributed by atoms with Crippen molar-refractivity contribution >= 4 is 46.6 Å². The molecule has 0 saturated heterocycles. The third-order valence-electron chi connectivity index (χ3n) is 3.41. The molecule has 2 heterocycles. The van der Waals surface area contributed by atoms with E-state index in [-0.39, 0.29) is 21.1 Å². The van der Waals surface area contributed by atoms with Gasteiger partial charge >= 0.3 is 0 Å². The van der Waals surface area contributed by atoms with E-state index in [2.05, 4.69) is 20.6 Å². The molecular weight excluding hydrogens is 363 g/mol. The van der Waals surface area contributed by atoms with Crippen molar-refractivity contribution in [2.75, 3.05) is 17.2 Å². The predicted molar refractivity (Wildman–Crippen MR) is 99.7 cm³/mol. The van der Waals surface area contributed by atoms with Crippen LogP contribution < -0.4 is 10.6 Å². The number of aromatic nitrogens is 1. The van der Waals surface area contributed by atoms with Crippen molar-refractivity contribution in [3.63, 3.8) is 0 Å². The summed E-state index contributed by atoms with van der Waals surface area (Å²) in [5.41, 5.74) is 0.494. The Bertz CT molecular complexity index is 832. The van der Waals surface area contributed by atoms with E-state index in [9.17, 15) is 4.79 Å². The van der Waals surface area contributed by atoms with Gasteiger partial charge in [0.25, 0.3) is 11.9 Å². The van der Waals surface area contributed by atoms with Crippen LogP contribution in [0.5, 0.6) is 0 Å². The van der Waals surface area contributed by atoms with Gasteiger partial charge in [-0.05, 0) is 32.0 Å². The maximum absolute atomic E-state index is 12.4. The fourth-order valence-corrected chi connectivity index (χ4v) is 2.81. The molecule has 3 rings (SSSR count). The molecule has 1 aromatic heterocycles. The van der Waals surface area contributed by atoms with Crippen molar-refractivity contribution in [2.45, 2.75) is 19.4 Å². The molecule has 0 radical (unpaired) electrons. The number of nitrogens with one attached hydrogen (secondary N) is 2. The first-order chi connectivity index (χ1) is 11.8. The number of amides is 1. The fraction of sp³-hybridized carbons (Fsp3) is 0.235. The van der Waals surface area contributed by atoms with E-state index < -0.39 is 5.91 Å². The molecule has 1 amide bonds. The van der Waals surface area contributed by atoms with Crippen molar-refractivity contribution < 1.29 is 9.53 Å². The number of carbonyl (C=O) groups excluding carboxylic acids is 1. The molecule has 1 aromatic carbocycles. The minimum Gasteiger partial charge on any atom is -0.462 e. The predicted octanol–water partition coefficient (Wildman–Crippen LogP) is 4.22. The lowest BCUT2D eigenvalue weighted by Crippen LogP contribution is -2.17. The molecule has 1 aliphatic rings. The third-order valence-corrected chi connectivity index (χ3v) is 4.04. The highest BCUT2D eigenvalue weighted by Crippen LogP contribution is 2.25. The molecule has 1 aliphatic heterocycles. The molecule has 0 aliphatic carbocycles. The van der Waals surface area contributed by atoms with E-state index in [1.54, 1.807) is 36.5 Å². The number of ether oxygens (including phenoxy) is 1. The topological polar surface area (TPSA) is 75.6 Å². The van der Waals surface area contributed by atoms with Crippen LogP contribution in [0, 0.1) is 0 Å². The van der Waals surface area contributed by atoms with E-state index >= 15 is 0 Å². The average molecular weight is 379 g/mol. The monoisotopic (exact) mass is 378 g/mol. The summed E-state index contributed by atoms with van der Waals surface area (Å²) in [6.45, 7) is 4.44. The van der Waals surface area contributed by atoms with E-state index in [4.69, 9.17) is 27.9 Å². The molecule has 130 valence electrons. The maximum atomic E-state index is 12.4. The van der Waals surface area contributed by atoms with Crippen molar-refractivity contribution in [1.82, 2.24) is 4.98 Å². The highest BCUT2D eigenvalue weighted by Gasteiger charge is 2.26. The van der Waals surface area contributed by atoms with E-state index in [1.165, 1.54) is 0 Å². The number of amidine groups is 1. The Morgan fingerprint density at radius 1 is 1.24 bits per heavy atom. The van der Waals surface area contributed by atoms with Gasteiger partial charge in [0.2, 0.25) is 0 Å². The summed E-state index contributed by atoms with van der Waals surface area (Å²) in [6.07, 6.45) is 1.56. The average Bonchev–Trinajstić information content (AvgIpc) is 2.86. The molecular formula is C17H16Cl2N4O2. The van der Waals surface area contributed by atoms with Gasteiger partial charge in [-0.3, -0.25) is 10.1 Å². The van der Waals surface area contributed by atoms with Gasteiger partial charge in [-0.15, -0.1) is 0 Å². The molecule has 25 heavy (non-hydrogen) atoms. The van der Waals surface area contributed by atoms with Gasteiger partial charge in [0.15, 0.2) is 0 Å². The van der Waals surface area contributed by atoms with Gasteiger partial charge in [0.05, 0.1) is 21.1 Å². The van der Waals surface area contributed by atoms with Crippen molar-refractivity contribution in [2.24, 2.45) is 4.99 Å². The Labute approximate surface area is 155 Å². The van der Waals surface area contributed by atoms with Crippen LogP contribution in [0.1, 0.15) is 24.2 Å². The van der Waals surface area contributed by atoms with E-state index in [0.717, 1.165) is 0 Å². The van der Waals surface area contributed by atoms with Crippen LogP contribution in [-0.4, -0.2) is 29.1 Å². The Hall–Kier alpha value is -2.31. The van der Waals surface area contributed by atoms with Crippen molar-refractivity contribution in [3.05, 3.63) is 52.1 Å². The molecule has 2 aromatic rings. The second-order valence-electron chi connectivity index (χ2n) is 6.12. The number of hydrogen-bond donors (Lipinski definition) is 2. The number of nitrogens with zero attached hydrogens (tertiary/aromatic N) is 2. The minimum absolute atomic E-state index is 0.224. The molecule has 0 unspecified atom stereocenters. The molecule has 6 nitrogen and oxygen atoms in total. The number of carbonyl (C=O) groups is 1. The summed E-state index contributed by atoms with van der Waals surface area (Å²) in [6, 6.07) is 8.63. The van der Waals surface area contributed by atoms with Crippen LogP contribution in [0.25, 0.3) is 0 Å². The first-order valence-electron chi connectivity index (χ1n) is 7.55. The Morgan fingerprint density at radius 2 is 1.96 bits per heavy atom. The molecule has 0 saturated carbocycles. The number of anilines is 2. The smallest absolute Gasteiger partial charge is 0.291 e. The highest BCUT2D eigenvalue weighted by atomic mass is 35.5. The van der Waals surface area contributed by atoms with Crippen LogP contribution in [0.2, 0.25) is 10.0 Å². The van der Waals surface area contributed by atoms with Gasteiger partial charge in [0, 0.05) is 18.0 Å². The van der Waals surface area contributed by atoms with Crippen LogP contribution in [0.15, 0.2) is 41.5 Å². The van der Waals surface area contributed by atoms with Gasteiger partial charge in [-0.2, -0.15) is 0 Å². The summed E-state index contributed by atoms with van der Waals surface area (Å²) < 4.78 is 5.47. The highest BCUT2D eigenvalue weighted by molar-refractivity contribution is 6.40. The number of pyridine rings is 1. The van der Waals surface area contributed by atoms with E-state index in [0.29, 0.717) is 24.1 Å². The second-order valence-corrected chi connectivity index (χ2v) is 6.94. The Kier molecular flexibility index (Phi) is 4.83. The molecule has 8 heteroatoms. The van der Waals surface area contributed by atoms with E-state index in [1.807, 2.05) is 13.8 Å². The third kappa shape index (κ3) is 4.21. The Balaban J connectivity index is 1.75. The van der Waals surface area contributed by atoms with Crippen LogP contribution >= 0.6 is 23.2 Å². The van der Waals surface area contributed by atoms with Crippen LogP contribution in [-0.2, 0) is 4.74 Å². The number of rotatable bonds is 3. The van der Waals surface area contributed by atoms with Crippen molar-refractivity contribution in [1.29, 1.82) is 0 Å². The lowest BCUT2D eigenvalue weighted by atomic mass is 10.1. The van der Waals surface area contributed by atoms with Gasteiger partial charge in [0.1, 0.15) is 12.4 Å². The zero-order valence-corrected chi connectivity index (χ0v) is 15.1. The number of hydrogen-bond acceptors (Lipinski definition) is 5. The molecule has 0 spiro atoms. The van der Waals surface area contributed by atoms with Gasteiger partial charge in [-0.1, -0.05) is 29.3 Å². The molecule has 0 atom stereocenters. The number of halogens is 2.